The Morgan fingerprint density at radius 2 is 2.00 bits per heavy atom. The summed E-state index contributed by atoms with van der Waals surface area (Å²) in [5.41, 5.74) is -2.82. The highest BCUT2D eigenvalue weighted by Crippen LogP contribution is 2.24. The van der Waals surface area contributed by atoms with Crippen molar-refractivity contribution in [2.75, 3.05) is 19.8 Å². The minimum Gasteiger partial charge on any atom is -0.292 e. The number of unbranched alkanes of at least 4 members (excludes halogenated alkanes) is 1. The van der Waals surface area contributed by atoms with Gasteiger partial charge in [0.1, 0.15) is 6.67 Å². The van der Waals surface area contributed by atoms with Gasteiger partial charge in [-0.3, -0.25) is 4.90 Å². The van der Waals surface area contributed by atoms with E-state index in [4.69, 9.17) is 0 Å². The minimum absolute atomic E-state index is 0.0205. The summed E-state index contributed by atoms with van der Waals surface area (Å²) in [6, 6.07) is 0.0205. The van der Waals surface area contributed by atoms with E-state index >= 15 is 0 Å². The molecule has 1 nitrogen and oxygen atoms in total. The molecule has 0 radical (unpaired) electrons. The molecule has 0 aliphatic rings. The van der Waals surface area contributed by atoms with Crippen LogP contribution in [0, 0.1) is 0 Å². The molecule has 92 valence electrons. The van der Waals surface area contributed by atoms with Gasteiger partial charge in [0, 0.05) is 12.6 Å². The predicted molar refractivity (Wildman–Crippen MR) is 61.2 cm³/mol. The highest BCUT2D eigenvalue weighted by Gasteiger charge is 2.27. The molecule has 0 amide bonds. The van der Waals surface area contributed by atoms with Gasteiger partial charge in [0.15, 0.2) is 0 Å². The number of halogens is 3. The zero-order valence-corrected chi connectivity index (χ0v) is 10.6. The lowest BCUT2D eigenvalue weighted by Gasteiger charge is -2.30. The van der Waals surface area contributed by atoms with Crippen molar-refractivity contribution < 1.29 is 13.2 Å². The summed E-state index contributed by atoms with van der Waals surface area (Å²) < 4.78 is 37.8. The van der Waals surface area contributed by atoms with Gasteiger partial charge < -0.3 is 0 Å². The van der Waals surface area contributed by atoms with Crippen LogP contribution in [-0.2, 0) is 0 Å². The van der Waals surface area contributed by atoms with Crippen LogP contribution in [-0.4, -0.2) is 36.4 Å². The monoisotopic (exact) mass is 243 g/mol. The van der Waals surface area contributed by atoms with Crippen LogP contribution in [0.15, 0.2) is 0 Å². The molecular formula is C10H21F3NP. The van der Waals surface area contributed by atoms with Crippen molar-refractivity contribution in [2.45, 2.75) is 44.8 Å². The third-order valence-corrected chi connectivity index (χ3v) is 2.57. The summed E-state index contributed by atoms with van der Waals surface area (Å²) in [5, 5.41) is 0. The first-order chi connectivity index (χ1) is 6.90. The Labute approximate surface area is 92.6 Å². The van der Waals surface area contributed by atoms with E-state index in [0.717, 1.165) is 19.3 Å². The Balaban J connectivity index is 4.12. The van der Waals surface area contributed by atoms with E-state index in [1.54, 1.807) is 0 Å². The average molecular weight is 243 g/mol. The van der Waals surface area contributed by atoms with Crippen LogP contribution >= 0.6 is 9.24 Å². The van der Waals surface area contributed by atoms with Gasteiger partial charge in [-0.1, -0.05) is 29.0 Å². The molecule has 0 aromatic heterocycles. The van der Waals surface area contributed by atoms with Crippen LogP contribution in [0.4, 0.5) is 13.2 Å². The molecule has 0 aromatic rings. The fourth-order valence-electron chi connectivity index (χ4n) is 1.52. The first-order valence-corrected chi connectivity index (χ1v) is 5.95. The van der Waals surface area contributed by atoms with Crippen LogP contribution in [0.2, 0.25) is 0 Å². The van der Waals surface area contributed by atoms with Crippen LogP contribution in [0.1, 0.15) is 33.1 Å². The number of nitrogens with zero attached hydrogens (tertiary/aromatic N) is 1. The maximum Gasteiger partial charge on any atom is 0.271 e. The highest BCUT2D eigenvalue weighted by molar-refractivity contribution is 7.18. The lowest BCUT2D eigenvalue weighted by Crippen LogP contribution is -2.41. The van der Waals surface area contributed by atoms with Gasteiger partial charge in [0.25, 0.3) is 5.66 Å². The molecule has 0 heterocycles. The maximum absolute atomic E-state index is 12.8. The van der Waals surface area contributed by atoms with Crippen molar-refractivity contribution in [3.63, 3.8) is 0 Å². The molecule has 0 saturated carbocycles. The van der Waals surface area contributed by atoms with Crippen molar-refractivity contribution in [2.24, 2.45) is 0 Å². The van der Waals surface area contributed by atoms with Crippen LogP contribution < -0.4 is 0 Å². The van der Waals surface area contributed by atoms with Gasteiger partial charge in [-0.2, -0.15) is 0 Å². The highest BCUT2D eigenvalue weighted by atomic mass is 31.0. The Bertz CT molecular complexity index is 161. The van der Waals surface area contributed by atoms with E-state index in [9.17, 15) is 13.2 Å². The first kappa shape index (κ1) is 15.2. The lowest BCUT2D eigenvalue weighted by atomic mass is 10.1. The number of rotatable bonds is 8. The zero-order valence-electron chi connectivity index (χ0n) is 9.48. The molecule has 2 unspecified atom stereocenters. The number of alkyl halides is 3. The number of hydrogen-bond donors (Lipinski definition) is 0. The summed E-state index contributed by atoms with van der Waals surface area (Å²) in [4.78, 5) is 1.52. The SMILES string of the molecule is CCCCC(C)N(CCF)CC(F)(F)P. The Morgan fingerprint density at radius 3 is 2.40 bits per heavy atom. The molecule has 0 N–H and O–H groups in total. The third kappa shape index (κ3) is 8.04. The maximum atomic E-state index is 12.8. The molecule has 0 aliphatic heterocycles. The molecule has 0 saturated heterocycles. The van der Waals surface area contributed by atoms with E-state index in [1.165, 1.54) is 14.1 Å². The van der Waals surface area contributed by atoms with Gasteiger partial charge in [-0.15, -0.1) is 0 Å². The fraction of sp³-hybridized carbons (Fsp3) is 1.00. The summed E-state index contributed by atoms with van der Waals surface area (Å²) >= 11 is 0. The molecular weight excluding hydrogens is 222 g/mol. The summed E-state index contributed by atoms with van der Waals surface area (Å²) in [6.07, 6.45) is 2.87. The topological polar surface area (TPSA) is 3.24 Å². The van der Waals surface area contributed by atoms with Crippen molar-refractivity contribution in [3.8, 4) is 0 Å². The molecule has 5 heteroatoms. The minimum atomic E-state index is -2.82. The molecule has 0 rings (SSSR count). The van der Waals surface area contributed by atoms with E-state index in [0.29, 0.717) is 0 Å². The van der Waals surface area contributed by atoms with Gasteiger partial charge in [-0.25, -0.2) is 13.2 Å². The normalized spacial score (nSPS) is 14.6. The summed E-state index contributed by atoms with van der Waals surface area (Å²) in [5.74, 6) is 0. The average Bonchev–Trinajstić information content (AvgIpc) is 2.11. The Hall–Kier alpha value is 0.180. The molecule has 0 bridgehead atoms. The first-order valence-electron chi connectivity index (χ1n) is 5.37. The zero-order chi connectivity index (χ0) is 11.9. The van der Waals surface area contributed by atoms with Crippen LogP contribution in [0.5, 0.6) is 0 Å². The third-order valence-electron chi connectivity index (χ3n) is 2.38. The van der Waals surface area contributed by atoms with Gasteiger partial charge in [-0.05, 0) is 13.3 Å². The Kier molecular flexibility index (Phi) is 7.54. The molecule has 0 fully saturated rings. The fourth-order valence-corrected chi connectivity index (χ4v) is 1.75. The van der Waals surface area contributed by atoms with E-state index in [1.807, 2.05) is 6.92 Å². The van der Waals surface area contributed by atoms with E-state index < -0.39 is 12.3 Å². The lowest BCUT2D eigenvalue weighted by molar-refractivity contribution is 0.0342. The molecule has 0 aromatic carbocycles. The van der Waals surface area contributed by atoms with Gasteiger partial charge in [0.2, 0.25) is 0 Å². The van der Waals surface area contributed by atoms with Gasteiger partial charge in [0.05, 0.1) is 6.54 Å². The second kappa shape index (κ2) is 7.45. The van der Waals surface area contributed by atoms with Crippen molar-refractivity contribution in [1.82, 2.24) is 4.90 Å². The summed E-state index contributed by atoms with van der Waals surface area (Å²) in [7, 11) is 1.51. The second-order valence-corrected chi connectivity index (χ2v) is 4.76. The van der Waals surface area contributed by atoms with Crippen LogP contribution in [0.3, 0.4) is 0 Å². The standard InChI is InChI=1S/C10H21F3NP/c1-3-4-5-9(2)14(7-6-11)8-10(12,13)15/h9H,3-8,15H2,1-2H3. The van der Waals surface area contributed by atoms with Gasteiger partial charge >= 0.3 is 0 Å². The van der Waals surface area contributed by atoms with Crippen molar-refractivity contribution in [3.05, 3.63) is 0 Å². The summed E-state index contributed by atoms with van der Waals surface area (Å²) in [6.45, 7) is 3.07. The van der Waals surface area contributed by atoms with Crippen LogP contribution in [0.25, 0.3) is 0 Å². The largest absolute Gasteiger partial charge is 0.292 e. The van der Waals surface area contributed by atoms with Crippen molar-refractivity contribution >= 4 is 9.24 Å². The van der Waals surface area contributed by atoms with E-state index in [-0.39, 0.29) is 19.1 Å². The molecule has 15 heavy (non-hydrogen) atoms. The smallest absolute Gasteiger partial charge is 0.271 e. The van der Waals surface area contributed by atoms with E-state index in [2.05, 4.69) is 6.92 Å². The molecule has 0 aliphatic carbocycles. The second-order valence-electron chi connectivity index (χ2n) is 3.91. The number of hydrogen-bond acceptors (Lipinski definition) is 1. The predicted octanol–water partition coefficient (Wildman–Crippen LogP) is 3.30. The molecule has 2 atom stereocenters. The van der Waals surface area contributed by atoms with Crippen molar-refractivity contribution in [1.29, 1.82) is 0 Å². The quantitative estimate of drug-likeness (QED) is 0.591. The Morgan fingerprint density at radius 1 is 1.40 bits per heavy atom. The molecule has 0 spiro atoms.